The Kier molecular flexibility index (Phi) is 2.14. The van der Waals surface area contributed by atoms with Crippen molar-refractivity contribution < 1.29 is 4.53 Å². The van der Waals surface area contributed by atoms with E-state index in [0.29, 0.717) is 0 Å². The van der Waals surface area contributed by atoms with E-state index in [1.165, 1.54) is 24.1 Å². The lowest BCUT2D eigenvalue weighted by atomic mass is 10.0. The lowest BCUT2D eigenvalue weighted by Gasteiger charge is -2.29. The second-order valence-electron chi connectivity index (χ2n) is 3.02. The van der Waals surface area contributed by atoms with Crippen molar-refractivity contribution in [2.24, 2.45) is 0 Å². The van der Waals surface area contributed by atoms with Gasteiger partial charge in [-0.3, -0.25) is 5.06 Å². The zero-order valence-corrected chi connectivity index (χ0v) is 9.29. The summed E-state index contributed by atoms with van der Waals surface area (Å²) in [6, 6.07) is 8.47. The zero-order valence-electron chi connectivity index (χ0n) is 7.29. The molecule has 0 radical (unpaired) electrons. The fourth-order valence-corrected chi connectivity index (χ4v) is 2.07. The average molecular weight is 179 g/mol. The number of aryl methyl sites for hydroxylation is 1. The summed E-state index contributed by atoms with van der Waals surface area (Å²) >= 11 is 0. The molecule has 2 rings (SSSR count). The van der Waals surface area contributed by atoms with Crippen LogP contribution in [0.25, 0.3) is 0 Å². The molecule has 12 heavy (non-hydrogen) atoms. The van der Waals surface area contributed by atoms with Gasteiger partial charge in [-0.2, -0.15) is 0 Å². The summed E-state index contributed by atoms with van der Waals surface area (Å²) in [5.74, 6) is 0. The van der Waals surface area contributed by atoms with Crippen LogP contribution in [0.2, 0.25) is 0 Å². The van der Waals surface area contributed by atoms with Gasteiger partial charge in [0.15, 0.2) is 10.5 Å². The topological polar surface area (TPSA) is 12.5 Å². The van der Waals surface area contributed by atoms with Gasteiger partial charge in [-0.25, -0.2) is 0 Å². The third-order valence-corrected chi connectivity index (χ3v) is 2.73. The van der Waals surface area contributed by atoms with Crippen molar-refractivity contribution in [3.8, 4) is 0 Å². The molecule has 1 aliphatic heterocycles. The second kappa shape index (κ2) is 3.29. The minimum absolute atomic E-state index is 0.774. The number of nitrogens with zero attached hydrogens (tertiary/aromatic N) is 1. The Balaban J connectivity index is 2.37. The van der Waals surface area contributed by atoms with Gasteiger partial charge in [-0.05, 0) is 24.5 Å². The molecule has 3 heteroatoms. The molecule has 0 atom stereocenters. The van der Waals surface area contributed by atoms with Gasteiger partial charge in [-0.1, -0.05) is 18.2 Å². The Bertz CT molecular complexity index is 277. The summed E-state index contributed by atoms with van der Waals surface area (Å²) in [5, 5.41) is 2.02. The number of rotatable bonds is 1. The SMILES string of the molecule is [SiH3]ON1CCCc2ccccc21. The number of hydrogen-bond donors (Lipinski definition) is 0. The van der Waals surface area contributed by atoms with Crippen molar-refractivity contribution in [1.29, 1.82) is 0 Å². The van der Waals surface area contributed by atoms with Crippen LogP contribution in [0.5, 0.6) is 0 Å². The lowest BCUT2D eigenvalue weighted by molar-refractivity contribution is 0.296. The van der Waals surface area contributed by atoms with Crippen LogP contribution in [0.4, 0.5) is 5.69 Å². The zero-order chi connectivity index (χ0) is 8.39. The van der Waals surface area contributed by atoms with Gasteiger partial charge in [0.05, 0.1) is 5.69 Å². The van der Waals surface area contributed by atoms with Crippen LogP contribution in [-0.4, -0.2) is 17.0 Å². The molecule has 1 aromatic carbocycles. The van der Waals surface area contributed by atoms with Crippen LogP contribution in [0.1, 0.15) is 12.0 Å². The maximum atomic E-state index is 5.39. The van der Waals surface area contributed by atoms with E-state index >= 15 is 0 Å². The van der Waals surface area contributed by atoms with Gasteiger partial charge in [-0.15, -0.1) is 0 Å². The first kappa shape index (κ1) is 7.83. The first-order chi connectivity index (χ1) is 5.92. The number of anilines is 1. The minimum Gasteiger partial charge on any atom is -0.331 e. The number of hydroxylamine groups is 1. The van der Waals surface area contributed by atoms with E-state index < -0.39 is 0 Å². The lowest BCUT2D eigenvalue weighted by Crippen LogP contribution is -2.28. The molecular weight excluding hydrogens is 166 g/mol. The van der Waals surface area contributed by atoms with E-state index in [1.807, 2.05) is 5.06 Å². The Morgan fingerprint density at radius 2 is 2.17 bits per heavy atom. The summed E-state index contributed by atoms with van der Waals surface area (Å²) in [5.41, 5.74) is 2.68. The molecule has 0 N–H and O–H groups in total. The predicted molar refractivity (Wildman–Crippen MR) is 53.1 cm³/mol. The molecule has 1 heterocycles. The van der Waals surface area contributed by atoms with E-state index in [1.54, 1.807) is 0 Å². The van der Waals surface area contributed by atoms with Crippen molar-refractivity contribution in [1.82, 2.24) is 0 Å². The third kappa shape index (κ3) is 1.25. The van der Waals surface area contributed by atoms with Crippen molar-refractivity contribution in [2.45, 2.75) is 12.8 Å². The van der Waals surface area contributed by atoms with Gasteiger partial charge in [0.1, 0.15) is 0 Å². The molecule has 0 amide bonds. The first-order valence-electron chi connectivity index (χ1n) is 4.31. The molecule has 1 aromatic rings. The molecule has 0 unspecified atom stereocenters. The van der Waals surface area contributed by atoms with Crippen LogP contribution < -0.4 is 5.06 Å². The Labute approximate surface area is 75.6 Å². The third-order valence-electron chi connectivity index (χ3n) is 2.29. The van der Waals surface area contributed by atoms with Crippen LogP contribution in [0.3, 0.4) is 0 Å². The van der Waals surface area contributed by atoms with E-state index in [0.717, 1.165) is 17.0 Å². The van der Waals surface area contributed by atoms with Crippen molar-refractivity contribution in [3.63, 3.8) is 0 Å². The van der Waals surface area contributed by atoms with Gasteiger partial charge >= 0.3 is 0 Å². The highest BCUT2D eigenvalue weighted by Crippen LogP contribution is 2.25. The first-order valence-corrected chi connectivity index (χ1v) is 5.13. The number of para-hydroxylation sites is 1. The van der Waals surface area contributed by atoms with E-state index in [2.05, 4.69) is 24.3 Å². The van der Waals surface area contributed by atoms with E-state index in [9.17, 15) is 0 Å². The Morgan fingerprint density at radius 3 is 3.00 bits per heavy atom. The molecule has 0 spiro atoms. The number of fused-ring (bicyclic) bond motifs is 1. The van der Waals surface area contributed by atoms with Gasteiger partial charge < -0.3 is 4.53 Å². The van der Waals surface area contributed by atoms with Crippen molar-refractivity contribution in [3.05, 3.63) is 29.8 Å². The van der Waals surface area contributed by atoms with Crippen molar-refractivity contribution >= 4 is 16.2 Å². The summed E-state index contributed by atoms with van der Waals surface area (Å²) in [7, 11) is 0.774. The predicted octanol–water partition coefficient (Wildman–Crippen LogP) is 0.651. The molecular formula is C9H13NOSi. The van der Waals surface area contributed by atoms with Gasteiger partial charge in [0.25, 0.3) is 0 Å². The van der Waals surface area contributed by atoms with Crippen LogP contribution in [0.15, 0.2) is 24.3 Å². The van der Waals surface area contributed by atoms with Gasteiger partial charge in [0, 0.05) is 6.54 Å². The van der Waals surface area contributed by atoms with Gasteiger partial charge in [0.2, 0.25) is 0 Å². The summed E-state index contributed by atoms with van der Waals surface area (Å²) in [6.45, 7) is 1.04. The maximum absolute atomic E-state index is 5.39. The minimum atomic E-state index is 0.774. The van der Waals surface area contributed by atoms with Crippen LogP contribution in [0, 0.1) is 0 Å². The summed E-state index contributed by atoms with van der Waals surface area (Å²) < 4.78 is 5.39. The Hall–Kier alpha value is -0.803. The molecule has 0 aromatic heterocycles. The fourth-order valence-electron chi connectivity index (χ4n) is 1.69. The monoisotopic (exact) mass is 179 g/mol. The largest absolute Gasteiger partial charge is 0.331 e. The normalized spacial score (nSPS) is 16.2. The fraction of sp³-hybridized carbons (Fsp3) is 0.333. The standard InChI is InChI=1S/C9H13NOSi/c12-11-10-7-3-5-8-4-1-2-6-9(8)10/h1-2,4,6H,3,5,7H2,12H3. The van der Waals surface area contributed by atoms with E-state index in [4.69, 9.17) is 4.53 Å². The highest BCUT2D eigenvalue weighted by molar-refractivity contribution is 5.98. The highest BCUT2D eigenvalue weighted by atomic mass is 28.2. The van der Waals surface area contributed by atoms with Crippen molar-refractivity contribution in [2.75, 3.05) is 11.6 Å². The Morgan fingerprint density at radius 1 is 1.33 bits per heavy atom. The molecule has 0 saturated carbocycles. The molecule has 0 aliphatic carbocycles. The van der Waals surface area contributed by atoms with Crippen LogP contribution >= 0.6 is 0 Å². The smallest absolute Gasteiger partial charge is 0.183 e. The van der Waals surface area contributed by atoms with Crippen LogP contribution in [-0.2, 0) is 10.9 Å². The number of hydrogen-bond acceptors (Lipinski definition) is 2. The molecule has 2 nitrogen and oxygen atoms in total. The molecule has 0 saturated heterocycles. The molecule has 64 valence electrons. The quantitative estimate of drug-likeness (QED) is 0.587. The maximum Gasteiger partial charge on any atom is 0.183 e. The van der Waals surface area contributed by atoms with E-state index in [-0.39, 0.29) is 0 Å². The summed E-state index contributed by atoms with van der Waals surface area (Å²) in [6.07, 6.45) is 2.40. The highest BCUT2D eigenvalue weighted by Gasteiger charge is 2.14. The second-order valence-corrected chi connectivity index (χ2v) is 3.38. The molecule has 0 bridgehead atoms. The summed E-state index contributed by atoms with van der Waals surface area (Å²) in [4.78, 5) is 0. The average Bonchev–Trinajstić information content (AvgIpc) is 2.17. The number of benzene rings is 1. The molecule has 0 fully saturated rings. The molecule has 1 aliphatic rings.